The number of carbonyl (C=O) groups is 2. The number of urea groups is 1. The highest BCUT2D eigenvalue weighted by atomic mass is 32.2. The standard InChI is InChI=1S/C20H40N4O5S/c21-8-3-10-27-12-14-29-15-13-28-11-4-9-23-19(25)6-2-1-5-18-17(7-16-30-18)24-20(22)26/h17-18H,1-16,21H2,(H,23,25)(H3,22,24,26)/t17-,18-/m0/s1. The summed E-state index contributed by atoms with van der Waals surface area (Å²) >= 11 is 1.88. The lowest BCUT2D eigenvalue weighted by Crippen LogP contribution is -2.42. The van der Waals surface area contributed by atoms with E-state index in [2.05, 4.69) is 10.6 Å². The molecule has 30 heavy (non-hydrogen) atoms. The summed E-state index contributed by atoms with van der Waals surface area (Å²) in [6, 6.07) is -0.284. The summed E-state index contributed by atoms with van der Waals surface area (Å²) in [5.41, 5.74) is 10.6. The van der Waals surface area contributed by atoms with E-state index in [1.54, 1.807) is 0 Å². The topological polar surface area (TPSA) is 138 Å². The van der Waals surface area contributed by atoms with E-state index in [0.717, 1.165) is 44.3 Å². The molecule has 1 heterocycles. The number of unbranched alkanes of at least 4 members (excludes halogenated alkanes) is 1. The summed E-state index contributed by atoms with van der Waals surface area (Å²) in [5, 5.41) is 6.15. The van der Waals surface area contributed by atoms with Crippen molar-refractivity contribution in [2.75, 3.05) is 58.5 Å². The number of amides is 3. The SMILES string of the molecule is NCCCOCCOCCOCCCNC(=O)CCCC[C@@H]1SCC[C@@H]1NC(N)=O. The Bertz CT molecular complexity index is 459. The molecule has 0 unspecified atom stereocenters. The van der Waals surface area contributed by atoms with Gasteiger partial charge in [0, 0.05) is 37.5 Å². The zero-order valence-corrected chi connectivity index (χ0v) is 18.9. The predicted octanol–water partition coefficient (Wildman–Crippen LogP) is 0.994. The molecule has 10 heteroatoms. The Morgan fingerprint density at radius 3 is 2.27 bits per heavy atom. The normalized spacial score (nSPS) is 18.4. The van der Waals surface area contributed by atoms with Crippen LogP contribution in [0.3, 0.4) is 0 Å². The molecule has 2 atom stereocenters. The molecule has 0 aliphatic carbocycles. The van der Waals surface area contributed by atoms with E-state index < -0.39 is 6.03 Å². The van der Waals surface area contributed by atoms with Crippen LogP contribution in [0.4, 0.5) is 4.79 Å². The molecular formula is C20H40N4O5S. The van der Waals surface area contributed by atoms with Gasteiger partial charge >= 0.3 is 6.03 Å². The van der Waals surface area contributed by atoms with Crippen molar-refractivity contribution in [3.63, 3.8) is 0 Å². The van der Waals surface area contributed by atoms with Gasteiger partial charge in [0.05, 0.1) is 26.4 Å². The first-order valence-electron chi connectivity index (χ1n) is 11.0. The molecule has 1 aliphatic heterocycles. The summed E-state index contributed by atoms with van der Waals surface area (Å²) in [6.45, 7) is 4.77. The summed E-state index contributed by atoms with van der Waals surface area (Å²) in [7, 11) is 0. The number of hydrogen-bond donors (Lipinski definition) is 4. The second-order valence-electron chi connectivity index (χ2n) is 7.24. The highest BCUT2D eigenvalue weighted by Gasteiger charge is 2.28. The van der Waals surface area contributed by atoms with Crippen molar-refractivity contribution in [1.82, 2.24) is 10.6 Å². The molecule has 3 amide bonds. The number of nitrogens with two attached hydrogens (primary N) is 2. The van der Waals surface area contributed by atoms with Crippen molar-refractivity contribution >= 4 is 23.7 Å². The van der Waals surface area contributed by atoms with E-state index in [4.69, 9.17) is 25.7 Å². The zero-order chi connectivity index (χ0) is 21.9. The van der Waals surface area contributed by atoms with Crippen molar-refractivity contribution in [3.05, 3.63) is 0 Å². The Hall–Kier alpha value is -1.07. The van der Waals surface area contributed by atoms with Crippen LogP contribution in [0.1, 0.15) is 44.9 Å². The fourth-order valence-corrected chi connectivity index (χ4v) is 4.59. The molecule has 0 aromatic carbocycles. The molecule has 0 aromatic heterocycles. The predicted molar refractivity (Wildman–Crippen MR) is 120 cm³/mol. The van der Waals surface area contributed by atoms with Gasteiger partial charge in [-0.3, -0.25) is 4.79 Å². The maximum absolute atomic E-state index is 11.9. The molecule has 0 saturated carbocycles. The lowest BCUT2D eigenvalue weighted by atomic mass is 10.0. The van der Waals surface area contributed by atoms with Crippen LogP contribution in [0.5, 0.6) is 0 Å². The van der Waals surface area contributed by atoms with Gasteiger partial charge < -0.3 is 36.3 Å². The van der Waals surface area contributed by atoms with Crippen LogP contribution >= 0.6 is 11.8 Å². The third-order valence-corrected chi connectivity index (χ3v) is 6.17. The van der Waals surface area contributed by atoms with Gasteiger partial charge in [-0.15, -0.1) is 0 Å². The van der Waals surface area contributed by atoms with E-state index in [1.165, 1.54) is 0 Å². The highest BCUT2D eigenvalue weighted by molar-refractivity contribution is 8.00. The molecule has 0 radical (unpaired) electrons. The minimum atomic E-state index is -0.452. The van der Waals surface area contributed by atoms with Crippen LogP contribution in [0, 0.1) is 0 Å². The Kier molecular flexibility index (Phi) is 16.8. The summed E-state index contributed by atoms with van der Waals surface area (Å²) in [4.78, 5) is 22.9. The lowest BCUT2D eigenvalue weighted by Gasteiger charge is -2.18. The van der Waals surface area contributed by atoms with Gasteiger partial charge in [-0.2, -0.15) is 11.8 Å². The van der Waals surface area contributed by atoms with Gasteiger partial charge in [0.1, 0.15) is 0 Å². The maximum Gasteiger partial charge on any atom is 0.312 e. The molecular weight excluding hydrogens is 408 g/mol. The molecule has 0 bridgehead atoms. The van der Waals surface area contributed by atoms with Gasteiger partial charge in [-0.05, 0) is 44.4 Å². The van der Waals surface area contributed by atoms with Gasteiger partial charge in [-0.25, -0.2) is 4.79 Å². The molecule has 0 aromatic rings. The van der Waals surface area contributed by atoms with Crippen LogP contribution in [-0.4, -0.2) is 81.7 Å². The second kappa shape index (κ2) is 18.7. The van der Waals surface area contributed by atoms with E-state index in [9.17, 15) is 9.59 Å². The first kappa shape index (κ1) is 27.0. The molecule has 1 aliphatic rings. The number of thioether (sulfide) groups is 1. The first-order valence-corrected chi connectivity index (χ1v) is 12.1. The van der Waals surface area contributed by atoms with Crippen LogP contribution in [0.25, 0.3) is 0 Å². The summed E-state index contributed by atoms with van der Waals surface area (Å²) < 4.78 is 16.2. The Balaban J connectivity index is 1.84. The smallest absolute Gasteiger partial charge is 0.312 e. The van der Waals surface area contributed by atoms with Crippen LogP contribution in [0.15, 0.2) is 0 Å². The third kappa shape index (κ3) is 14.8. The fourth-order valence-electron chi connectivity index (χ4n) is 3.13. The van der Waals surface area contributed by atoms with Crippen molar-refractivity contribution in [2.24, 2.45) is 11.5 Å². The maximum atomic E-state index is 11.9. The number of primary amides is 1. The van der Waals surface area contributed by atoms with E-state index >= 15 is 0 Å². The van der Waals surface area contributed by atoms with Crippen molar-refractivity contribution in [2.45, 2.75) is 56.2 Å². The molecule has 6 N–H and O–H groups in total. The van der Waals surface area contributed by atoms with Crippen molar-refractivity contribution in [1.29, 1.82) is 0 Å². The van der Waals surface area contributed by atoms with Crippen LogP contribution in [0.2, 0.25) is 0 Å². The van der Waals surface area contributed by atoms with Crippen molar-refractivity contribution < 1.29 is 23.8 Å². The Morgan fingerprint density at radius 2 is 1.60 bits per heavy atom. The summed E-state index contributed by atoms with van der Waals surface area (Å²) in [5.74, 6) is 1.13. The highest BCUT2D eigenvalue weighted by Crippen LogP contribution is 2.30. The van der Waals surface area contributed by atoms with Gasteiger partial charge in [0.25, 0.3) is 0 Å². The minimum Gasteiger partial charge on any atom is -0.379 e. The van der Waals surface area contributed by atoms with Crippen molar-refractivity contribution in [3.8, 4) is 0 Å². The number of carbonyl (C=O) groups excluding carboxylic acids is 2. The van der Waals surface area contributed by atoms with Crippen LogP contribution < -0.4 is 22.1 Å². The van der Waals surface area contributed by atoms with E-state index in [-0.39, 0.29) is 11.9 Å². The average Bonchev–Trinajstić information content (AvgIpc) is 3.15. The quantitative estimate of drug-likeness (QED) is 0.216. The molecule has 9 nitrogen and oxygen atoms in total. The van der Waals surface area contributed by atoms with E-state index in [0.29, 0.717) is 64.4 Å². The lowest BCUT2D eigenvalue weighted by molar-refractivity contribution is -0.121. The zero-order valence-electron chi connectivity index (χ0n) is 18.1. The summed E-state index contributed by atoms with van der Waals surface area (Å²) in [6.07, 6.45) is 5.99. The minimum absolute atomic E-state index is 0.0823. The average molecular weight is 449 g/mol. The monoisotopic (exact) mass is 448 g/mol. The number of hydrogen-bond acceptors (Lipinski definition) is 7. The Labute approximate surface area is 184 Å². The second-order valence-corrected chi connectivity index (χ2v) is 8.59. The van der Waals surface area contributed by atoms with Crippen LogP contribution in [-0.2, 0) is 19.0 Å². The first-order chi connectivity index (χ1) is 14.6. The number of nitrogens with one attached hydrogen (secondary N) is 2. The molecule has 1 rings (SSSR count). The largest absolute Gasteiger partial charge is 0.379 e. The number of ether oxygens (including phenoxy) is 3. The molecule has 176 valence electrons. The fraction of sp³-hybridized carbons (Fsp3) is 0.900. The molecule has 1 fully saturated rings. The Morgan fingerprint density at radius 1 is 0.933 bits per heavy atom. The van der Waals surface area contributed by atoms with Gasteiger partial charge in [0.15, 0.2) is 0 Å². The van der Waals surface area contributed by atoms with E-state index in [1.807, 2.05) is 11.8 Å². The van der Waals surface area contributed by atoms with Gasteiger partial charge in [0.2, 0.25) is 5.91 Å². The third-order valence-electron chi connectivity index (χ3n) is 4.70. The molecule has 0 spiro atoms. The number of rotatable bonds is 19. The molecule has 1 saturated heterocycles. The van der Waals surface area contributed by atoms with Gasteiger partial charge in [-0.1, -0.05) is 6.42 Å².